The molecule has 2 aliphatic carbocycles. The van der Waals surface area contributed by atoms with Crippen molar-refractivity contribution in [1.82, 2.24) is 0 Å². The Morgan fingerprint density at radius 2 is 1.77 bits per heavy atom. The second-order valence-electron chi connectivity index (χ2n) is 3.71. The minimum Gasteiger partial charge on any atom is -0.469 e. The van der Waals surface area contributed by atoms with Gasteiger partial charge in [0.05, 0.1) is 13.0 Å². The van der Waals surface area contributed by atoms with Crippen molar-refractivity contribution < 1.29 is 19.3 Å². The molecule has 0 amide bonds. The van der Waals surface area contributed by atoms with Gasteiger partial charge in [-0.05, 0) is 0 Å². The standard InChI is InChI=1S/C9H10O4/c1-11-9(10)8-6-4-2-3-5(7(6)8)13-12-4/h2-8H,1H3/t4-,5+,6-,7-,8?/m0/s1. The number of carbonyl (C=O) groups is 1. The van der Waals surface area contributed by atoms with Crippen LogP contribution in [0.15, 0.2) is 12.2 Å². The Bertz CT molecular complexity index is 265. The molecule has 0 aromatic rings. The maximum Gasteiger partial charge on any atom is 0.309 e. The van der Waals surface area contributed by atoms with Gasteiger partial charge in [0.2, 0.25) is 0 Å². The molecule has 70 valence electrons. The van der Waals surface area contributed by atoms with Crippen molar-refractivity contribution in [2.24, 2.45) is 17.8 Å². The number of hydrogen-bond acceptors (Lipinski definition) is 4. The molecule has 2 heterocycles. The molecular formula is C9H10O4. The summed E-state index contributed by atoms with van der Waals surface area (Å²) in [6, 6.07) is 0. The third-order valence-corrected chi connectivity index (χ3v) is 3.13. The molecule has 0 aromatic heterocycles. The van der Waals surface area contributed by atoms with Crippen molar-refractivity contribution in [2.75, 3.05) is 7.11 Å². The lowest BCUT2D eigenvalue weighted by atomic mass is 10.0. The predicted molar refractivity (Wildman–Crippen MR) is 41.4 cm³/mol. The van der Waals surface area contributed by atoms with Crippen LogP contribution in [-0.4, -0.2) is 25.3 Å². The summed E-state index contributed by atoms with van der Waals surface area (Å²) in [6.07, 6.45) is 3.86. The van der Waals surface area contributed by atoms with E-state index < -0.39 is 0 Å². The minimum atomic E-state index is -0.136. The van der Waals surface area contributed by atoms with Gasteiger partial charge in [-0.2, -0.15) is 0 Å². The zero-order chi connectivity index (χ0) is 9.00. The Hall–Kier alpha value is -0.870. The maximum atomic E-state index is 11.3. The number of ether oxygens (including phenoxy) is 1. The van der Waals surface area contributed by atoms with Crippen LogP contribution in [0.3, 0.4) is 0 Å². The molecule has 4 rings (SSSR count). The van der Waals surface area contributed by atoms with Crippen molar-refractivity contribution in [2.45, 2.75) is 12.2 Å². The highest BCUT2D eigenvalue weighted by molar-refractivity contribution is 5.77. The number of methoxy groups -OCH3 is 1. The van der Waals surface area contributed by atoms with Crippen molar-refractivity contribution in [3.63, 3.8) is 0 Å². The summed E-state index contributed by atoms with van der Waals surface area (Å²) in [5, 5.41) is 0. The van der Waals surface area contributed by atoms with Crippen LogP contribution in [0.1, 0.15) is 0 Å². The summed E-state index contributed by atoms with van der Waals surface area (Å²) >= 11 is 0. The van der Waals surface area contributed by atoms with Gasteiger partial charge in [0.15, 0.2) is 0 Å². The largest absolute Gasteiger partial charge is 0.469 e. The van der Waals surface area contributed by atoms with Gasteiger partial charge >= 0.3 is 5.97 Å². The average molecular weight is 182 g/mol. The van der Waals surface area contributed by atoms with E-state index in [4.69, 9.17) is 14.5 Å². The molecule has 2 aliphatic heterocycles. The highest BCUT2D eigenvalue weighted by Crippen LogP contribution is 2.58. The van der Waals surface area contributed by atoms with Crippen molar-refractivity contribution in [3.8, 4) is 0 Å². The smallest absolute Gasteiger partial charge is 0.309 e. The van der Waals surface area contributed by atoms with E-state index in [0.717, 1.165) is 0 Å². The fourth-order valence-corrected chi connectivity index (χ4v) is 2.45. The van der Waals surface area contributed by atoms with E-state index in [1.807, 2.05) is 12.2 Å². The van der Waals surface area contributed by atoms with Gasteiger partial charge in [-0.25, -0.2) is 9.78 Å². The van der Waals surface area contributed by atoms with E-state index in [1.54, 1.807) is 0 Å². The average Bonchev–Trinajstić information content (AvgIpc) is 2.95. The topological polar surface area (TPSA) is 44.8 Å². The van der Waals surface area contributed by atoms with Crippen molar-refractivity contribution in [1.29, 1.82) is 0 Å². The highest BCUT2D eigenvalue weighted by Gasteiger charge is 2.66. The highest BCUT2D eigenvalue weighted by atomic mass is 17.2. The number of esters is 1. The molecular weight excluding hydrogens is 172 g/mol. The monoisotopic (exact) mass is 182 g/mol. The molecule has 4 nitrogen and oxygen atoms in total. The molecule has 1 unspecified atom stereocenters. The van der Waals surface area contributed by atoms with Crippen molar-refractivity contribution in [3.05, 3.63) is 12.2 Å². The summed E-state index contributed by atoms with van der Waals surface area (Å²) in [7, 11) is 1.42. The van der Waals surface area contributed by atoms with Crippen LogP contribution in [-0.2, 0) is 19.3 Å². The molecule has 0 spiro atoms. The van der Waals surface area contributed by atoms with E-state index in [0.29, 0.717) is 0 Å². The lowest BCUT2D eigenvalue weighted by molar-refractivity contribution is -0.364. The molecule has 5 atom stereocenters. The predicted octanol–water partition coefficient (Wildman–Crippen LogP) is 0.290. The molecule has 4 heteroatoms. The number of rotatable bonds is 1. The third-order valence-electron chi connectivity index (χ3n) is 3.13. The first-order valence-corrected chi connectivity index (χ1v) is 4.41. The molecule has 1 saturated carbocycles. The summed E-state index contributed by atoms with van der Waals surface area (Å²) in [5.74, 6) is 0.424. The summed E-state index contributed by atoms with van der Waals surface area (Å²) in [5.41, 5.74) is 0. The first-order valence-electron chi connectivity index (χ1n) is 4.41. The Labute approximate surface area is 75.4 Å². The number of hydrogen-bond donors (Lipinski definition) is 0. The van der Waals surface area contributed by atoms with Crippen LogP contribution < -0.4 is 0 Å². The van der Waals surface area contributed by atoms with Crippen LogP contribution in [0.25, 0.3) is 0 Å². The lowest BCUT2D eigenvalue weighted by Crippen LogP contribution is -2.32. The molecule has 2 fully saturated rings. The van der Waals surface area contributed by atoms with Crippen LogP contribution in [0.5, 0.6) is 0 Å². The summed E-state index contributed by atoms with van der Waals surface area (Å²) in [4.78, 5) is 21.4. The lowest BCUT2D eigenvalue weighted by Gasteiger charge is -2.27. The molecule has 0 N–H and O–H groups in total. The first kappa shape index (κ1) is 7.53. The summed E-state index contributed by atoms with van der Waals surface area (Å²) < 4.78 is 4.71. The third kappa shape index (κ3) is 0.845. The normalized spacial score (nSPS) is 50.1. The molecule has 4 aliphatic rings. The fraction of sp³-hybridized carbons (Fsp3) is 0.667. The van der Waals surface area contributed by atoms with Crippen LogP contribution in [0.4, 0.5) is 0 Å². The second-order valence-corrected chi connectivity index (χ2v) is 3.71. The number of fused-ring (bicyclic) bond motifs is 1. The van der Waals surface area contributed by atoms with Gasteiger partial charge in [-0.3, -0.25) is 4.79 Å². The van der Waals surface area contributed by atoms with E-state index in [1.165, 1.54) is 7.11 Å². The van der Waals surface area contributed by atoms with Gasteiger partial charge in [-0.1, -0.05) is 12.2 Å². The van der Waals surface area contributed by atoms with E-state index in [-0.39, 0.29) is 35.9 Å². The van der Waals surface area contributed by atoms with Gasteiger partial charge in [0.25, 0.3) is 0 Å². The zero-order valence-corrected chi connectivity index (χ0v) is 7.17. The molecule has 2 bridgehead atoms. The van der Waals surface area contributed by atoms with Crippen LogP contribution >= 0.6 is 0 Å². The maximum absolute atomic E-state index is 11.3. The first-order chi connectivity index (χ1) is 6.33. The molecule has 1 saturated heterocycles. The zero-order valence-electron chi connectivity index (χ0n) is 7.17. The number of carbonyl (C=O) groups excluding carboxylic acids is 1. The van der Waals surface area contributed by atoms with E-state index >= 15 is 0 Å². The van der Waals surface area contributed by atoms with E-state index in [9.17, 15) is 4.79 Å². The SMILES string of the molecule is COC(=O)C1[C@@H]2[C@@H]1[C@H]1C=C[C@@H]2OO1. The quantitative estimate of drug-likeness (QED) is 0.332. The van der Waals surface area contributed by atoms with Crippen molar-refractivity contribution >= 4 is 5.97 Å². The Morgan fingerprint density at radius 3 is 2.15 bits per heavy atom. The van der Waals surface area contributed by atoms with Crippen LogP contribution in [0.2, 0.25) is 0 Å². The Kier molecular flexibility index (Phi) is 1.35. The fourth-order valence-electron chi connectivity index (χ4n) is 2.45. The second kappa shape index (κ2) is 2.33. The minimum absolute atomic E-state index is 0.0162. The van der Waals surface area contributed by atoms with E-state index in [2.05, 4.69) is 0 Å². The van der Waals surface area contributed by atoms with Crippen LogP contribution in [0, 0.1) is 17.8 Å². The molecule has 0 radical (unpaired) electrons. The molecule has 13 heavy (non-hydrogen) atoms. The van der Waals surface area contributed by atoms with Gasteiger partial charge in [0, 0.05) is 11.8 Å². The Morgan fingerprint density at radius 1 is 1.23 bits per heavy atom. The molecule has 0 aromatic carbocycles. The summed E-state index contributed by atoms with van der Waals surface area (Å²) in [6.45, 7) is 0. The van der Waals surface area contributed by atoms with Gasteiger partial charge in [-0.15, -0.1) is 0 Å². The van der Waals surface area contributed by atoms with Gasteiger partial charge in [0.1, 0.15) is 12.2 Å². The van der Waals surface area contributed by atoms with Gasteiger partial charge < -0.3 is 4.74 Å². The Balaban J connectivity index is 1.84.